The Bertz CT molecular complexity index is 299. The molecule has 1 rings (SSSR count). The number of carboxylic acids is 2. The molecule has 0 saturated heterocycles. The first-order valence-corrected chi connectivity index (χ1v) is 4.19. The predicted molar refractivity (Wildman–Crippen MR) is 61.5 cm³/mol. The van der Waals surface area contributed by atoms with E-state index in [-0.39, 0.29) is 26.0 Å². The summed E-state index contributed by atoms with van der Waals surface area (Å²) in [5.41, 5.74) is 0. The average molecular weight is 305 g/mol. The van der Waals surface area contributed by atoms with E-state index < -0.39 is 23.5 Å². The van der Waals surface area contributed by atoms with Crippen molar-refractivity contribution in [2.24, 2.45) is 0 Å². The molecular formula is C12H14O6V. The van der Waals surface area contributed by atoms with Gasteiger partial charge in [-0.2, -0.15) is 6.08 Å². The molecule has 0 bridgehead atoms. The molecule has 19 heavy (non-hydrogen) atoms. The Morgan fingerprint density at radius 2 is 1.42 bits per heavy atom. The van der Waals surface area contributed by atoms with Gasteiger partial charge in [0.05, 0.1) is 0 Å². The summed E-state index contributed by atoms with van der Waals surface area (Å²) in [5.74, 6) is -5.13. The Morgan fingerprint density at radius 1 is 1.11 bits per heavy atom. The number of rotatable bonds is 2. The van der Waals surface area contributed by atoms with E-state index in [0.29, 0.717) is 0 Å². The van der Waals surface area contributed by atoms with Crippen LogP contribution in [0.1, 0.15) is 6.42 Å². The van der Waals surface area contributed by atoms with Crippen molar-refractivity contribution in [2.75, 3.05) is 0 Å². The first-order chi connectivity index (χ1) is 7.79. The van der Waals surface area contributed by atoms with Gasteiger partial charge in [-0.25, -0.2) is 21.7 Å². The second kappa shape index (κ2) is 16.1. The summed E-state index contributed by atoms with van der Waals surface area (Å²) >= 11 is 0. The van der Waals surface area contributed by atoms with Gasteiger partial charge in [-0.3, -0.25) is 6.08 Å². The molecule has 0 aliphatic heterocycles. The molecule has 6 nitrogen and oxygen atoms in total. The fourth-order valence-corrected chi connectivity index (χ4v) is 0.340. The van der Waals surface area contributed by atoms with Crippen molar-refractivity contribution in [3.63, 3.8) is 0 Å². The third-order valence-electron chi connectivity index (χ3n) is 1.06. The molecule has 1 aliphatic carbocycles. The van der Waals surface area contributed by atoms with Crippen molar-refractivity contribution in [1.29, 1.82) is 0 Å². The fraction of sp³-hybridized carbons (Fsp3) is 0.0833. The molecule has 0 aromatic carbocycles. The van der Waals surface area contributed by atoms with E-state index in [1.54, 1.807) is 0 Å². The third kappa shape index (κ3) is 26.0. The molecule has 0 atom stereocenters. The molecule has 2 N–H and O–H groups in total. The van der Waals surface area contributed by atoms with Crippen LogP contribution in [0.25, 0.3) is 0 Å². The van der Waals surface area contributed by atoms with Gasteiger partial charge in [-0.15, -0.1) is 6.42 Å². The van der Waals surface area contributed by atoms with Crippen molar-refractivity contribution in [3.05, 3.63) is 56.4 Å². The number of carboxylic acid groups (broad SMARTS) is 2. The molecule has 1 radical (unpaired) electrons. The van der Waals surface area contributed by atoms with Crippen molar-refractivity contribution in [1.82, 2.24) is 0 Å². The summed E-state index contributed by atoms with van der Waals surface area (Å²) in [6.45, 7) is 5.20. The van der Waals surface area contributed by atoms with Crippen LogP contribution in [-0.2, 0) is 28.1 Å². The molecule has 0 amide bonds. The number of hydrogen-bond donors (Lipinski definition) is 2. The molecule has 103 valence electrons. The van der Waals surface area contributed by atoms with Crippen LogP contribution in [0, 0.1) is 13.5 Å². The van der Waals surface area contributed by atoms with Crippen LogP contribution in [0.5, 0.6) is 0 Å². The van der Waals surface area contributed by atoms with Gasteiger partial charge in [0.15, 0.2) is 0 Å². The standard InChI is InChI=1S/C5H5.2C3H4O3.CH3.V/c1-2-4-5-3-1;2*1-2(4)3(5)6;;/h1-3H,4H2;2*4H,1H2,(H,5,6);1H3;/q-1;;;-1;+4/p-2. The van der Waals surface area contributed by atoms with Gasteiger partial charge in [0, 0.05) is 0 Å². The number of aliphatic carboxylic acids is 2. The van der Waals surface area contributed by atoms with Crippen LogP contribution >= 0.6 is 0 Å². The average Bonchev–Trinajstić information content (AvgIpc) is 2.75. The van der Waals surface area contributed by atoms with Gasteiger partial charge in [-0.1, -0.05) is 13.2 Å². The van der Waals surface area contributed by atoms with Crippen LogP contribution in [0.3, 0.4) is 0 Å². The van der Waals surface area contributed by atoms with Crippen LogP contribution in [-0.4, -0.2) is 22.2 Å². The summed E-state index contributed by atoms with van der Waals surface area (Å²) in [6.07, 6.45) is 10.0. The normalized spacial score (nSPS) is 9.26. The van der Waals surface area contributed by atoms with Crippen molar-refractivity contribution < 1.29 is 48.6 Å². The Balaban J connectivity index is -0.0000000845. The van der Waals surface area contributed by atoms with Crippen molar-refractivity contribution in [3.8, 4) is 0 Å². The Kier molecular flexibility index (Phi) is 21.9. The SMILES string of the molecule is C=C([O-])C(=O)O.C=C([O-])C(=O)O.[C-]1=CC=CC1.[CH3-].[V+4]. The van der Waals surface area contributed by atoms with Gasteiger partial charge in [0.25, 0.3) is 0 Å². The van der Waals surface area contributed by atoms with Crippen molar-refractivity contribution in [2.45, 2.75) is 6.42 Å². The van der Waals surface area contributed by atoms with Crippen LogP contribution in [0.15, 0.2) is 42.9 Å². The van der Waals surface area contributed by atoms with E-state index in [1.807, 2.05) is 12.2 Å². The Labute approximate surface area is 124 Å². The Morgan fingerprint density at radius 3 is 1.47 bits per heavy atom. The smallest absolute Gasteiger partial charge is 0.868 e. The minimum Gasteiger partial charge on any atom is -0.868 e. The molecule has 0 aromatic rings. The molecule has 1 aliphatic rings. The zero-order chi connectivity index (χ0) is 13.8. The van der Waals surface area contributed by atoms with E-state index in [4.69, 9.17) is 10.2 Å². The van der Waals surface area contributed by atoms with Crippen LogP contribution in [0.2, 0.25) is 0 Å². The van der Waals surface area contributed by atoms with Gasteiger partial charge < -0.3 is 27.9 Å². The zero-order valence-electron chi connectivity index (χ0n) is 10.3. The minimum absolute atomic E-state index is 0. The second-order valence-corrected chi connectivity index (χ2v) is 2.46. The zero-order valence-corrected chi connectivity index (χ0v) is 11.7. The largest absolute Gasteiger partial charge is 4.00 e. The summed E-state index contributed by atoms with van der Waals surface area (Å²) in [4.78, 5) is 18.6. The van der Waals surface area contributed by atoms with Gasteiger partial charge in [-0.05, 0) is 11.5 Å². The topological polar surface area (TPSA) is 121 Å². The first-order valence-electron chi connectivity index (χ1n) is 4.19. The van der Waals surface area contributed by atoms with Crippen LogP contribution in [0.4, 0.5) is 0 Å². The maximum absolute atomic E-state index is 9.43. The second-order valence-electron chi connectivity index (χ2n) is 2.46. The Hall–Kier alpha value is -1.92. The van der Waals surface area contributed by atoms with Crippen LogP contribution < -0.4 is 10.2 Å². The molecule has 0 heterocycles. The van der Waals surface area contributed by atoms with E-state index >= 15 is 0 Å². The molecular weight excluding hydrogens is 291 g/mol. The van der Waals surface area contributed by atoms with Gasteiger partial charge in [0.1, 0.15) is 0 Å². The molecule has 0 fully saturated rings. The molecule has 0 aromatic heterocycles. The first kappa shape index (κ1) is 25.8. The molecule has 0 saturated carbocycles. The number of carbonyl (C=O) groups is 2. The van der Waals surface area contributed by atoms with Gasteiger partial charge in [0.2, 0.25) is 0 Å². The fourth-order valence-electron chi connectivity index (χ4n) is 0.340. The summed E-state index contributed by atoms with van der Waals surface area (Å²) < 4.78 is 0. The third-order valence-corrected chi connectivity index (χ3v) is 1.06. The number of hydrogen-bond acceptors (Lipinski definition) is 4. The minimum atomic E-state index is -1.49. The summed E-state index contributed by atoms with van der Waals surface area (Å²) in [6, 6.07) is 0. The predicted octanol–water partition coefficient (Wildman–Crippen LogP) is -0.357. The maximum Gasteiger partial charge on any atom is 4.00 e. The quantitative estimate of drug-likeness (QED) is 0.408. The van der Waals surface area contributed by atoms with E-state index in [0.717, 1.165) is 6.42 Å². The summed E-state index contributed by atoms with van der Waals surface area (Å²) in [5, 5.41) is 34.0. The molecule has 0 spiro atoms. The van der Waals surface area contributed by atoms with E-state index in [1.165, 1.54) is 0 Å². The summed E-state index contributed by atoms with van der Waals surface area (Å²) in [7, 11) is 0. The molecule has 7 heteroatoms. The number of allylic oxidation sites excluding steroid dienone is 4. The molecule has 0 unspecified atom stereocenters. The maximum atomic E-state index is 9.43. The van der Waals surface area contributed by atoms with Gasteiger partial charge >= 0.3 is 30.5 Å². The monoisotopic (exact) mass is 305 g/mol. The van der Waals surface area contributed by atoms with Crippen molar-refractivity contribution >= 4 is 11.9 Å². The van der Waals surface area contributed by atoms with E-state index in [2.05, 4.69) is 25.3 Å². The van der Waals surface area contributed by atoms with E-state index in [9.17, 15) is 19.8 Å².